The summed E-state index contributed by atoms with van der Waals surface area (Å²) in [6.45, 7) is 0. The van der Waals surface area contributed by atoms with Crippen molar-refractivity contribution in [1.82, 2.24) is 0 Å². The van der Waals surface area contributed by atoms with Gasteiger partial charge < -0.3 is 4.90 Å². The number of hydrogen-bond donors (Lipinski definition) is 0. The van der Waals surface area contributed by atoms with E-state index in [9.17, 15) is 4.79 Å². The highest BCUT2D eigenvalue weighted by atomic mass is 79.9. The highest BCUT2D eigenvalue weighted by molar-refractivity contribution is 9.10. The van der Waals surface area contributed by atoms with Crippen molar-refractivity contribution in [2.75, 3.05) is 4.90 Å². The first-order chi connectivity index (χ1) is 9.15. The summed E-state index contributed by atoms with van der Waals surface area (Å²) in [5.41, 5.74) is 2.12. The largest absolute Gasteiger partial charge is 0.304 e. The second kappa shape index (κ2) is 5.10. The number of amides is 1. The van der Waals surface area contributed by atoms with Crippen LogP contribution in [-0.2, 0) is 4.79 Å². The molecule has 1 aliphatic heterocycles. The van der Waals surface area contributed by atoms with Crippen molar-refractivity contribution in [1.29, 1.82) is 0 Å². The zero-order chi connectivity index (χ0) is 13.4. The SMILES string of the molecule is O=C1CC(c2ccc(Br)cc2)N1c1ccc(Br)cc1. The van der Waals surface area contributed by atoms with Crippen LogP contribution in [0, 0.1) is 0 Å². The Hall–Kier alpha value is -1.13. The third-order valence-corrected chi connectivity index (χ3v) is 4.37. The first-order valence-corrected chi connectivity index (χ1v) is 7.57. The molecule has 1 heterocycles. The fraction of sp³-hybridized carbons (Fsp3) is 0.133. The van der Waals surface area contributed by atoms with E-state index < -0.39 is 0 Å². The average Bonchev–Trinajstić information content (AvgIpc) is 2.40. The van der Waals surface area contributed by atoms with Crippen LogP contribution in [0.2, 0.25) is 0 Å². The number of nitrogens with zero attached hydrogens (tertiary/aromatic N) is 1. The lowest BCUT2D eigenvalue weighted by atomic mass is 9.93. The lowest BCUT2D eigenvalue weighted by Gasteiger charge is -2.40. The van der Waals surface area contributed by atoms with Crippen molar-refractivity contribution in [3.63, 3.8) is 0 Å². The number of β-lactam (4-membered cyclic amide) rings is 1. The maximum absolute atomic E-state index is 11.9. The number of carbonyl (C=O) groups is 1. The molecule has 1 aliphatic rings. The summed E-state index contributed by atoms with van der Waals surface area (Å²) in [7, 11) is 0. The molecule has 0 N–H and O–H groups in total. The number of benzene rings is 2. The number of anilines is 1. The molecule has 1 fully saturated rings. The Balaban J connectivity index is 1.90. The average molecular weight is 381 g/mol. The second-order valence-corrected chi connectivity index (χ2v) is 6.34. The van der Waals surface area contributed by atoms with Crippen LogP contribution in [0.5, 0.6) is 0 Å². The highest BCUT2D eigenvalue weighted by Gasteiger charge is 2.38. The van der Waals surface area contributed by atoms with Gasteiger partial charge in [0, 0.05) is 14.6 Å². The summed E-state index contributed by atoms with van der Waals surface area (Å²) < 4.78 is 2.07. The molecule has 0 saturated carbocycles. The van der Waals surface area contributed by atoms with E-state index in [2.05, 4.69) is 44.0 Å². The second-order valence-electron chi connectivity index (χ2n) is 4.51. The van der Waals surface area contributed by atoms with Crippen LogP contribution in [0.25, 0.3) is 0 Å². The minimum absolute atomic E-state index is 0.154. The molecule has 0 radical (unpaired) electrons. The molecule has 0 bridgehead atoms. The molecular formula is C15H11Br2NO. The van der Waals surface area contributed by atoms with Crippen LogP contribution in [0.15, 0.2) is 57.5 Å². The van der Waals surface area contributed by atoms with Crippen molar-refractivity contribution < 1.29 is 4.79 Å². The molecule has 19 heavy (non-hydrogen) atoms. The third kappa shape index (κ3) is 2.47. The number of halogens is 2. The van der Waals surface area contributed by atoms with Gasteiger partial charge in [0.05, 0.1) is 12.5 Å². The topological polar surface area (TPSA) is 20.3 Å². The van der Waals surface area contributed by atoms with E-state index in [1.54, 1.807) is 0 Å². The molecule has 3 rings (SSSR count). The van der Waals surface area contributed by atoms with E-state index in [4.69, 9.17) is 0 Å². The van der Waals surface area contributed by atoms with E-state index in [1.807, 2.05) is 41.3 Å². The predicted molar refractivity (Wildman–Crippen MR) is 83.1 cm³/mol. The van der Waals surface area contributed by atoms with Crippen LogP contribution in [0.1, 0.15) is 18.0 Å². The van der Waals surface area contributed by atoms with E-state index in [1.165, 1.54) is 5.56 Å². The van der Waals surface area contributed by atoms with Gasteiger partial charge in [0.2, 0.25) is 5.91 Å². The molecular weight excluding hydrogens is 370 g/mol. The molecule has 1 atom stereocenters. The minimum Gasteiger partial charge on any atom is -0.304 e. The van der Waals surface area contributed by atoms with Crippen LogP contribution in [0.3, 0.4) is 0 Å². The maximum Gasteiger partial charge on any atom is 0.230 e. The monoisotopic (exact) mass is 379 g/mol. The molecule has 96 valence electrons. The number of carbonyl (C=O) groups excluding carboxylic acids is 1. The molecule has 2 aromatic rings. The van der Waals surface area contributed by atoms with Crippen LogP contribution >= 0.6 is 31.9 Å². The van der Waals surface area contributed by atoms with Gasteiger partial charge in [-0.25, -0.2) is 0 Å². The molecule has 2 nitrogen and oxygen atoms in total. The molecule has 1 saturated heterocycles. The smallest absolute Gasteiger partial charge is 0.230 e. The van der Waals surface area contributed by atoms with Gasteiger partial charge in [-0.15, -0.1) is 0 Å². The van der Waals surface area contributed by atoms with E-state index in [0.717, 1.165) is 14.6 Å². The third-order valence-electron chi connectivity index (χ3n) is 3.31. The molecule has 1 amide bonds. The van der Waals surface area contributed by atoms with Gasteiger partial charge in [-0.2, -0.15) is 0 Å². The number of hydrogen-bond acceptors (Lipinski definition) is 1. The van der Waals surface area contributed by atoms with E-state index in [-0.39, 0.29) is 11.9 Å². The Bertz CT molecular complexity index is 607. The molecule has 0 aromatic heterocycles. The van der Waals surface area contributed by atoms with Gasteiger partial charge in [0.15, 0.2) is 0 Å². The van der Waals surface area contributed by atoms with E-state index >= 15 is 0 Å². The summed E-state index contributed by atoms with van der Waals surface area (Å²) >= 11 is 6.84. The van der Waals surface area contributed by atoms with Gasteiger partial charge in [-0.3, -0.25) is 4.79 Å². The lowest BCUT2D eigenvalue weighted by Crippen LogP contribution is -2.46. The van der Waals surface area contributed by atoms with Gasteiger partial charge in [0.1, 0.15) is 0 Å². The van der Waals surface area contributed by atoms with Gasteiger partial charge in [0.25, 0.3) is 0 Å². The minimum atomic E-state index is 0.154. The van der Waals surface area contributed by atoms with Crippen LogP contribution < -0.4 is 4.90 Å². The van der Waals surface area contributed by atoms with Crippen LogP contribution in [0.4, 0.5) is 5.69 Å². The fourth-order valence-electron chi connectivity index (χ4n) is 2.29. The normalized spacial score (nSPS) is 18.3. The van der Waals surface area contributed by atoms with Crippen molar-refractivity contribution in [3.05, 3.63) is 63.0 Å². The fourth-order valence-corrected chi connectivity index (χ4v) is 2.82. The Labute approximate surface area is 128 Å². The zero-order valence-corrected chi connectivity index (χ0v) is 13.2. The Morgan fingerprint density at radius 2 is 1.42 bits per heavy atom. The molecule has 0 spiro atoms. The van der Waals surface area contributed by atoms with E-state index in [0.29, 0.717) is 6.42 Å². The maximum atomic E-state index is 11.9. The van der Waals surface area contributed by atoms with Crippen molar-refractivity contribution in [3.8, 4) is 0 Å². The molecule has 2 aromatic carbocycles. The molecule has 1 unspecified atom stereocenters. The highest BCUT2D eigenvalue weighted by Crippen LogP contribution is 2.39. The van der Waals surface area contributed by atoms with Crippen molar-refractivity contribution in [2.24, 2.45) is 0 Å². The summed E-state index contributed by atoms with van der Waals surface area (Å²) in [5.74, 6) is 0.176. The standard InChI is InChI=1S/C15H11Br2NO/c16-11-3-1-10(2-4-11)14-9-15(19)18(14)13-7-5-12(17)6-8-13/h1-8,14H,9H2. The first-order valence-electron chi connectivity index (χ1n) is 5.98. The summed E-state index contributed by atoms with van der Waals surface area (Å²) in [4.78, 5) is 13.7. The molecule has 0 aliphatic carbocycles. The predicted octanol–water partition coefficient (Wildman–Crippen LogP) is 4.69. The Morgan fingerprint density at radius 1 is 0.895 bits per heavy atom. The summed E-state index contributed by atoms with van der Waals surface area (Å²) in [6.07, 6.45) is 0.581. The zero-order valence-electron chi connectivity index (χ0n) is 10.0. The quantitative estimate of drug-likeness (QED) is 0.692. The Kier molecular flexibility index (Phi) is 3.46. The summed E-state index contributed by atoms with van der Waals surface area (Å²) in [5, 5.41) is 0. The van der Waals surface area contributed by atoms with Crippen LogP contribution in [-0.4, -0.2) is 5.91 Å². The first kappa shape index (κ1) is 12.9. The summed E-state index contributed by atoms with van der Waals surface area (Å²) in [6, 6.07) is 16.1. The molecule has 4 heteroatoms. The van der Waals surface area contributed by atoms with Gasteiger partial charge in [-0.1, -0.05) is 44.0 Å². The number of rotatable bonds is 2. The van der Waals surface area contributed by atoms with Gasteiger partial charge >= 0.3 is 0 Å². The van der Waals surface area contributed by atoms with Gasteiger partial charge in [-0.05, 0) is 42.0 Å². The Morgan fingerprint density at radius 3 is 1.95 bits per heavy atom. The van der Waals surface area contributed by atoms with Crippen molar-refractivity contribution >= 4 is 43.5 Å². The lowest BCUT2D eigenvalue weighted by molar-refractivity contribution is -0.124. The van der Waals surface area contributed by atoms with Crippen molar-refractivity contribution in [2.45, 2.75) is 12.5 Å².